The third kappa shape index (κ3) is 4.43. The number of pyridine rings is 1. The Morgan fingerprint density at radius 2 is 1.79 bits per heavy atom. The number of halogens is 1. The monoisotopic (exact) mass is 379 g/mol. The van der Waals surface area contributed by atoms with Gasteiger partial charge in [-0.3, -0.25) is 9.78 Å². The predicted molar refractivity (Wildman–Crippen MR) is 105 cm³/mol. The van der Waals surface area contributed by atoms with Crippen molar-refractivity contribution >= 4 is 5.78 Å². The number of aliphatic hydroxyl groups excluding tert-OH is 1. The van der Waals surface area contributed by atoms with Crippen molar-refractivity contribution in [2.24, 2.45) is 5.41 Å². The summed E-state index contributed by atoms with van der Waals surface area (Å²) in [5.41, 5.74) is 1.09. The molecule has 1 heterocycles. The molecule has 3 aromatic rings. The lowest BCUT2D eigenvalue weighted by molar-refractivity contribution is 0.0858. The van der Waals surface area contributed by atoms with Crippen molar-refractivity contribution in [3.05, 3.63) is 89.5 Å². The molecule has 144 valence electrons. The lowest BCUT2D eigenvalue weighted by atomic mass is 9.86. The molecule has 4 nitrogen and oxygen atoms in total. The van der Waals surface area contributed by atoms with Crippen molar-refractivity contribution in [1.29, 1.82) is 0 Å². The molecular weight excluding hydrogens is 357 g/mol. The first-order valence-corrected chi connectivity index (χ1v) is 8.96. The summed E-state index contributed by atoms with van der Waals surface area (Å²) in [6, 6.07) is 14.4. The average molecular weight is 379 g/mol. The Morgan fingerprint density at radius 1 is 1.07 bits per heavy atom. The summed E-state index contributed by atoms with van der Waals surface area (Å²) in [6.07, 6.45) is 2.17. The van der Waals surface area contributed by atoms with Crippen LogP contribution in [0.1, 0.15) is 48.4 Å². The number of hydrogen-bond acceptors (Lipinski definition) is 4. The van der Waals surface area contributed by atoms with Crippen molar-refractivity contribution < 1.29 is 19.0 Å². The van der Waals surface area contributed by atoms with Gasteiger partial charge in [-0.1, -0.05) is 32.9 Å². The summed E-state index contributed by atoms with van der Waals surface area (Å²) in [7, 11) is 0. The highest BCUT2D eigenvalue weighted by Crippen LogP contribution is 2.30. The van der Waals surface area contributed by atoms with E-state index in [1.54, 1.807) is 48.7 Å². The highest BCUT2D eigenvalue weighted by molar-refractivity contribution is 5.99. The molecule has 0 saturated heterocycles. The molecule has 2 aromatic carbocycles. The molecule has 0 bridgehead atoms. The Labute approximate surface area is 163 Å². The lowest BCUT2D eigenvalue weighted by Crippen LogP contribution is -2.19. The van der Waals surface area contributed by atoms with E-state index in [9.17, 15) is 14.3 Å². The van der Waals surface area contributed by atoms with Crippen LogP contribution in [-0.4, -0.2) is 15.9 Å². The molecule has 28 heavy (non-hydrogen) atoms. The molecule has 0 spiro atoms. The molecule has 1 aromatic heterocycles. The van der Waals surface area contributed by atoms with Gasteiger partial charge in [-0.05, 0) is 48.0 Å². The molecule has 1 unspecified atom stereocenters. The van der Waals surface area contributed by atoms with E-state index in [1.165, 1.54) is 18.3 Å². The number of hydrogen-bond donors (Lipinski definition) is 1. The fraction of sp³-hybridized carbons (Fsp3) is 0.217. The summed E-state index contributed by atoms with van der Waals surface area (Å²) in [6.45, 7) is 5.57. The maximum atomic E-state index is 14.5. The van der Waals surface area contributed by atoms with Crippen molar-refractivity contribution in [2.75, 3.05) is 0 Å². The molecule has 1 N–H and O–H groups in total. The van der Waals surface area contributed by atoms with Crippen LogP contribution in [0.2, 0.25) is 0 Å². The molecule has 0 saturated carbocycles. The second kappa shape index (κ2) is 7.90. The number of carbonyl (C=O) groups excluding carboxylic acids is 1. The fourth-order valence-electron chi connectivity index (χ4n) is 2.73. The van der Waals surface area contributed by atoms with E-state index in [2.05, 4.69) is 4.98 Å². The Bertz CT molecular complexity index is 963. The van der Waals surface area contributed by atoms with E-state index in [1.807, 2.05) is 20.8 Å². The largest absolute Gasteiger partial charge is 0.454 e. The van der Waals surface area contributed by atoms with Crippen LogP contribution in [0, 0.1) is 11.2 Å². The molecule has 0 amide bonds. The van der Waals surface area contributed by atoms with Crippen molar-refractivity contribution in [3.63, 3.8) is 0 Å². The van der Waals surface area contributed by atoms with E-state index in [0.29, 0.717) is 22.4 Å². The van der Waals surface area contributed by atoms with Gasteiger partial charge in [0.25, 0.3) is 0 Å². The first-order valence-electron chi connectivity index (χ1n) is 8.96. The predicted octanol–water partition coefficient (Wildman–Crippen LogP) is 5.32. The van der Waals surface area contributed by atoms with Crippen molar-refractivity contribution in [3.8, 4) is 11.5 Å². The van der Waals surface area contributed by atoms with Crippen LogP contribution in [0.3, 0.4) is 0 Å². The quantitative estimate of drug-likeness (QED) is 0.609. The molecule has 0 radical (unpaired) electrons. The van der Waals surface area contributed by atoms with Crippen molar-refractivity contribution in [1.82, 2.24) is 4.98 Å². The minimum absolute atomic E-state index is 0.0268. The number of Topliss-reactive ketones (excluding diaryl/α,β-unsaturated/α-hetero) is 1. The average Bonchev–Trinajstić information content (AvgIpc) is 2.69. The number of nitrogens with zero attached hydrogens (tertiary/aromatic N) is 1. The number of ether oxygens (including phenoxy) is 1. The van der Waals surface area contributed by atoms with Gasteiger partial charge >= 0.3 is 0 Å². The molecule has 0 aliphatic heterocycles. The van der Waals surface area contributed by atoms with Crippen LogP contribution >= 0.6 is 0 Å². The molecule has 0 fully saturated rings. The molecular formula is C23H22FNO3. The first-order chi connectivity index (χ1) is 13.3. The van der Waals surface area contributed by atoms with E-state index in [-0.39, 0.29) is 11.5 Å². The highest BCUT2D eigenvalue weighted by Gasteiger charge is 2.22. The van der Waals surface area contributed by atoms with Crippen LogP contribution in [0.4, 0.5) is 4.39 Å². The smallest absolute Gasteiger partial charge is 0.168 e. The Hall–Kier alpha value is -3.05. The second-order valence-corrected chi connectivity index (χ2v) is 7.58. The zero-order chi connectivity index (χ0) is 20.3. The first kappa shape index (κ1) is 19.7. The maximum absolute atomic E-state index is 14.5. The number of aromatic nitrogens is 1. The summed E-state index contributed by atoms with van der Waals surface area (Å²) in [5.74, 6) is -0.101. The van der Waals surface area contributed by atoms with E-state index in [0.717, 1.165) is 0 Å². The number of aliphatic hydroxyl groups is 1. The van der Waals surface area contributed by atoms with Gasteiger partial charge in [0.15, 0.2) is 17.3 Å². The lowest BCUT2D eigenvalue weighted by Gasteiger charge is -2.17. The van der Waals surface area contributed by atoms with Gasteiger partial charge in [0.1, 0.15) is 11.9 Å². The topological polar surface area (TPSA) is 59.4 Å². The van der Waals surface area contributed by atoms with Crippen LogP contribution < -0.4 is 4.74 Å². The third-order valence-electron chi connectivity index (χ3n) is 4.30. The van der Waals surface area contributed by atoms with Crippen molar-refractivity contribution in [2.45, 2.75) is 26.9 Å². The van der Waals surface area contributed by atoms with Gasteiger partial charge in [-0.2, -0.15) is 0 Å². The summed E-state index contributed by atoms with van der Waals surface area (Å²) < 4.78 is 20.1. The highest BCUT2D eigenvalue weighted by atomic mass is 19.1. The Morgan fingerprint density at radius 3 is 2.36 bits per heavy atom. The number of carbonyl (C=O) groups is 1. The Kier molecular flexibility index (Phi) is 5.56. The molecule has 3 rings (SSSR count). The fourth-order valence-corrected chi connectivity index (χ4v) is 2.73. The molecule has 1 atom stereocenters. The van der Waals surface area contributed by atoms with Crippen LogP contribution in [-0.2, 0) is 0 Å². The standard InChI is InChI=1S/C23H22FNO3/c1-23(2,3)22(27)15-6-9-18(10-7-15)28-20-11-8-16(13-19(20)24)21(26)17-5-4-12-25-14-17/h4-14,21,26H,1-3H3. The number of rotatable bonds is 5. The zero-order valence-corrected chi connectivity index (χ0v) is 16.0. The van der Waals surface area contributed by atoms with E-state index >= 15 is 0 Å². The van der Waals surface area contributed by atoms with Crippen LogP contribution in [0.5, 0.6) is 11.5 Å². The second-order valence-electron chi connectivity index (χ2n) is 7.58. The number of benzene rings is 2. The molecule has 0 aliphatic rings. The van der Waals surface area contributed by atoms with Gasteiger partial charge in [0, 0.05) is 28.9 Å². The Balaban J connectivity index is 1.76. The van der Waals surface area contributed by atoms with E-state index in [4.69, 9.17) is 4.74 Å². The van der Waals surface area contributed by atoms with Gasteiger partial charge in [-0.25, -0.2) is 4.39 Å². The number of ketones is 1. The zero-order valence-electron chi connectivity index (χ0n) is 16.0. The normalized spacial score (nSPS) is 12.5. The SMILES string of the molecule is CC(C)(C)C(=O)c1ccc(Oc2ccc(C(O)c3cccnc3)cc2F)cc1. The van der Waals surface area contributed by atoms with Gasteiger partial charge < -0.3 is 9.84 Å². The summed E-state index contributed by atoms with van der Waals surface area (Å²) in [5, 5.41) is 10.4. The van der Waals surface area contributed by atoms with Gasteiger partial charge in [0.2, 0.25) is 0 Å². The van der Waals surface area contributed by atoms with Gasteiger partial charge in [-0.15, -0.1) is 0 Å². The van der Waals surface area contributed by atoms with Crippen LogP contribution in [0.25, 0.3) is 0 Å². The minimum atomic E-state index is -0.972. The molecule has 5 heteroatoms. The summed E-state index contributed by atoms with van der Waals surface area (Å²) >= 11 is 0. The van der Waals surface area contributed by atoms with Gasteiger partial charge in [0.05, 0.1) is 0 Å². The summed E-state index contributed by atoms with van der Waals surface area (Å²) in [4.78, 5) is 16.2. The maximum Gasteiger partial charge on any atom is 0.168 e. The molecule has 0 aliphatic carbocycles. The third-order valence-corrected chi connectivity index (χ3v) is 4.30. The van der Waals surface area contributed by atoms with E-state index < -0.39 is 17.3 Å². The van der Waals surface area contributed by atoms with Crippen LogP contribution in [0.15, 0.2) is 67.0 Å². The minimum Gasteiger partial charge on any atom is -0.454 e.